The van der Waals surface area contributed by atoms with E-state index in [9.17, 15) is 30.6 Å². The lowest BCUT2D eigenvalue weighted by Crippen LogP contribution is -2.56. The van der Waals surface area contributed by atoms with Crippen LogP contribution in [0.3, 0.4) is 0 Å². The van der Waals surface area contributed by atoms with E-state index in [1.165, 1.54) is 83.5 Å². The molecule has 6 nitrogen and oxygen atoms in total. The Kier molecular flexibility index (Phi) is 22.0. The van der Waals surface area contributed by atoms with Crippen LogP contribution in [-0.4, -0.2) is 70.3 Å². The second-order valence-electron chi connectivity index (χ2n) is 13.0. The van der Waals surface area contributed by atoms with Crippen LogP contribution in [0.5, 0.6) is 0 Å². The Morgan fingerprint density at radius 1 is 0.275 bits per heavy atom. The molecule has 1 aliphatic rings. The van der Waals surface area contributed by atoms with E-state index in [1.807, 2.05) is 0 Å². The maximum atomic E-state index is 10.5. The highest BCUT2D eigenvalue weighted by Crippen LogP contribution is 2.65. The summed E-state index contributed by atoms with van der Waals surface area (Å²) in [6, 6.07) is 0. The summed E-state index contributed by atoms with van der Waals surface area (Å²) in [7, 11) is 0. The van der Waals surface area contributed by atoms with Gasteiger partial charge in [0.2, 0.25) is 0 Å². The predicted molar refractivity (Wildman–Crippen MR) is 165 cm³/mol. The minimum absolute atomic E-state index is 0.0209. The minimum atomic E-state index is -0.614. The number of aliphatic hydroxyl groups is 6. The van der Waals surface area contributed by atoms with Crippen LogP contribution in [0.2, 0.25) is 0 Å². The molecule has 240 valence electrons. The van der Waals surface area contributed by atoms with Gasteiger partial charge in [-0.25, -0.2) is 0 Å². The van der Waals surface area contributed by atoms with Crippen LogP contribution in [0.25, 0.3) is 0 Å². The lowest BCUT2D eigenvalue weighted by atomic mass is 9.42. The Morgan fingerprint density at radius 2 is 0.475 bits per heavy atom. The van der Waals surface area contributed by atoms with Gasteiger partial charge in [-0.3, -0.25) is 0 Å². The van der Waals surface area contributed by atoms with Crippen LogP contribution < -0.4 is 0 Å². The summed E-state index contributed by atoms with van der Waals surface area (Å²) in [6.07, 6.45) is 25.5. The Balaban J connectivity index is 3.44. The molecule has 0 aromatic carbocycles. The van der Waals surface area contributed by atoms with E-state index in [4.69, 9.17) is 0 Å². The molecule has 1 aliphatic carbocycles. The van der Waals surface area contributed by atoms with E-state index in [0.29, 0.717) is 38.5 Å². The summed E-state index contributed by atoms with van der Waals surface area (Å²) < 4.78 is 0. The molecule has 0 bridgehead atoms. The molecular weight excluding hydrogens is 504 g/mol. The van der Waals surface area contributed by atoms with Crippen molar-refractivity contribution in [3.05, 3.63) is 0 Å². The van der Waals surface area contributed by atoms with Crippen molar-refractivity contribution in [3.63, 3.8) is 0 Å². The molecule has 0 aromatic heterocycles. The normalized spacial score (nSPS) is 22.6. The lowest BCUT2D eigenvalue weighted by Gasteiger charge is -2.62. The van der Waals surface area contributed by atoms with Crippen LogP contribution in [0.4, 0.5) is 0 Å². The summed E-state index contributed by atoms with van der Waals surface area (Å²) in [6.45, 7) is -0.200. The molecule has 0 saturated heterocycles. The van der Waals surface area contributed by atoms with Crippen LogP contribution in [0, 0.1) is 16.2 Å². The first kappa shape index (κ1) is 37.8. The highest BCUT2D eigenvalue weighted by Gasteiger charge is 2.59. The molecule has 40 heavy (non-hydrogen) atoms. The molecule has 1 saturated carbocycles. The van der Waals surface area contributed by atoms with Gasteiger partial charge in [0.1, 0.15) is 0 Å². The average molecular weight is 573 g/mol. The topological polar surface area (TPSA) is 121 Å². The summed E-state index contributed by atoms with van der Waals surface area (Å²) in [5.74, 6) is 0. The Morgan fingerprint density at radius 3 is 0.675 bits per heavy atom. The fourth-order valence-electron chi connectivity index (χ4n) is 8.75. The van der Waals surface area contributed by atoms with Crippen molar-refractivity contribution in [2.24, 2.45) is 16.2 Å². The quantitative estimate of drug-likeness (QED) is 0.155. The van der Waals surface area contributed by atoms with Crippen molar-refractivity contribution in [2.75, 3.05) is 39.6 Å². The highest BCUT2D eigenvalue weighted by molar-refractivity contribution is 5.08. The number of rotatable bonds is 12. The molecule has 0 aliphatic heterocycles. The van der Waals surface area contributed by atoms with E-state index < -0.39 is 16.2 Å². The van der Waals surface area contributed by atoms with Crippen molar-refractivity contribution in [1.29, 1.82) is 0 Å². The minimum Gasteiger partial charge on any atom is -0.396 e. The van der Waals surface area contributed by atoms with Gasteiger partial charge in [-0.2, -0.15) is 0 Å². The van der Waals surface area contributed by atoms with Gasteiger partial charge in [0.25, 0.3) is 0 Å². The number of hydrogen-bond acceptors (Lipinski definition) is 6. The number of aliphatic hydroxyl groups excluding tert-OH is 6. The fraction of sp³-hybridized carbons (Fsp3) is 1.00. The van der Waals surface area contributed by atoms with Gasteiger partial charge in [-0.05, 0) is 67.6 Å². The van der Waals surface area contributed by atoms with Gasteiger partial charge in [0.15, 0.2) is 0 Å². The van der Waals surface area contributed by atoms with Crippen molar-refractivity contribution >= 4 is 0 Å². The van der Waals surface area contributed by atoms with E-state index in [2.05, 4.69) is 0 Å². The van der Waals surface area contributed by atoms with Crippen LogP contribution >= 0.6 is 0 Å². The average Bonchev–Trinajstić information content (AvgIpc) is 2.93. The molecule has 0 amide bonds. The van der Waals surface area contributed by atoms with E-state index in [-0.39, 0.29) is 39.6 Å². The monoisotopic (exact) mass is 573 g/mol. The molecule has 0 heterocycles. The largest absolute Gasteiger partial charge is 0.396 e. The lowest BCUT2D eigenvalue weighted by molar-refractivity contribution is -0.159. The second-order valence-corrected chi connectivity index (χ2v) is 13.0. The molecule has 0 radical (unpaired) electrons. The molecule has 6 N–H and O–H groups in total. The third-order valence-electron chi connectivity index (χ3n) is 10.8. The Hall–Kier alpha value is -0.240. The van der Waals surface area contributed by atoms with Gasteiger partial charge >= 0.3 is 0 Å². The third-order valence-corrected chi connectivity index (χ3v) is 10.8. The molecule has 0 aromatic rings. The van der Waals surface area contributed by atoms with E-state index in [1.54, 1.807) is 0 Å². The first-order valence-electron chi connectivity index (χ1n) is 17.2. The van der Waals surface area contributed by atoms with Gasteiger partial charge < -0.3 is 30.6 Å². The Labute approximate surface area is 247 Å². The summed E-state index contributed by atoms with van der Waals surface area (Å²) >= 11 is 0. The SMILES string of the molecule is OCCC1(CCO)CCCCCCCCCCCCCCCCCCCC(CCO)(CCO)C1(CCO)CCO. The summed E-state index contributed by atoms with van der Waals surface area (Å²) in [5, 5.41) is 62.6. The Bertz CT molecular complexity index is 509. The third kappa shape index (κ3) is 11.8. The van der Waals surface area contributed by atoms with Gasteiger partial charge in [-0.1, -0.05) is 109 Å². The first-order valence-corrected chi connectivity index (χ1v) is 17.2. The summed E-state index contributed by atoms with van der Waals surface area (Å²) in [5.41, 5.74) is -1.61. The highest BCUT2D eigenvalue weighted by atomic mass is 16.3. The van der Waals surface area contributed by atoms with Crippen LogP contribution in [0.1, 0.15) is 161 Å². The van der Waals surface area contributed by atoms with Crippen molar-refractivity contribution in [2.45, 2.75) is 161 Å². The van der Waals surface area contributed by atoms with Gasteiger partial charge in [0, 0.05) is 39.6 Å². The van der Waals surface area contributed by atoms with Crippen molar-refractivity contribution in [1.82, 2.24) is 0 Å². The molecular formula is C34H68O6. The molecule has 0 spiro atoms. The fourth-order valence-corrected chi connectivity index (χ4v) is 8.75. The maximum absolute atomic E-state index is 10.5. The first-order chi connectivity index (χ1) is 19.6. The van der Waals surface area contributed by atoms with Crippen LogP contribution in [-0.2, 0) is 0 Å². The van der Waals surface area contributed by atoms with Gasteiger partial charge in [0.05, 0.1) is 0 Å². The predicted octanol–water partition coefficient (Wildman–Crippen LogP) is 6.67. The zero-order valence-electron chi connectivity index (χ0n) is 26.1. The number of hydrogen-bond donors (Lipinski definition) is 6. The molecule has 0 unspecified atom stereocenters. The van der Waals surface area contributed by atoms with Gasteiger partial charge in [-0.15, -0.1) is 0 Å². The van der Waals surface area contributed by atoms with E-state index in [0.717, 1.165) is 38.5 Å². The van der Waals surface area contributed by atoms with E-state index >= 15 is 0 Å². The molecule has 0 atom stereocenters. The molecule has 6 heteroatoms. The van der Waals surface area contributed by atoms with Crippen LogP contribution in [0.15, 0.2) is 0 Å². The van der Waals surface area contributed by atoms with Crippen molar-refractivity contribution in [3.8, 4) is 0 Å². The molecule has 1 fully saturated rings. The zero-order chi connectivity index (χ0) is 29.4. The zero-order valence-corrected chi connectivity index (χ0v) is 26.1. The maximum Gasteiger partial charge on any atom is 0.0436 e. The summed E-state index contributed by atoms with van der Waals surface area (Å²) in [4.78, 5) is 0. The second kappa shape index (κ2) is 23.2. The molecule has 1 rings (SSSR count). The van der Waals surface area contributed by atoms with Crippen molar-refractivity contribution < 1.29 is 30.6 Å². The standard InChI is InChI=1S/C34H68O6/c35-26-20-32(21-27-36)18-16-14-12-10-8-6-4-2-1-3-5-7-9-11-13-15-17-19-33(22-28-37,23-29-38)34(32,24-30-39)25-31-40/h35-40H,1-31H2. The smallest absolute Gasteiger partial charge is 0.0436 e.